The number of hydrogen-bond donors (Lipinski definition) is 1. The molecule has 236 valence electrons. The quantitative estimate of drug-likeness (QED) is 0.286. The predicted octanol–water partition coefficient (Wildman–Crippen LogP) is 5.98. The lowest BCUT2D eigenvalue weighted by Crippen LogP contribution is -2.55. The van der Waals surface area contributed by atoms with Gasteiger partial charge in [-0.2, -0.15) is 0 Å². The maximum absolute atomic E-state index is 15.0. The van der Waals surface area contributed by atoms with Crippen molar-refractivity contribution in [3.63, 3.8) is 0 Å². The van der Waals surface area contributed by atoms with Crippen molar-refractivity contribution in [3.8, 4) is 0 Å². The molecule has 0 radical (unpaired) electrons. The Morgan fingerprint density at radius 3 is 2.11 bits per heavy atom. The molecule has 0 aromatic heterocycles. The summed E-state index contributed by atoms with van der Waals surface area (Å²) in [7, 11) is -3.89. The lowest BCUT2D eigenvalue weighted by molar-refractivity contribution is -0.140. The maximum Gasteiger partial charge on any atom is 0.244 e. The van der Waals surface area contributed by atoms with Crippen LogP contribution in [0.5, 0.6) is 0 Å². The van der Waals surface area contributed by atoms with Crippen LogP contribution in [0.2, 0.25) is 0 Å². The van der Waals surface area contributed by atoms with Gasteiger partial charge in [0.15, 0.2) is 0 Å². The molecule has 1 unspecified atom stereocenters. The Morgan fingerprint density at radius 2 is 1.52 bits per heavy atom. The molecule has 3 aromatic carbocycles. The van der Waals surface area contributed by atoms with Crippen molar-refractivity contribution in [2.75, 3.05) is 17.1 Å². The highest BCUT2D eigenvalue weighted by Crippen LogP contribution is 2.27. The van der Waals surface area contributed by atoms with E-state index in [1.165, 1.54) is 11.0 Å². The zero-order chi connectivity index (χ0) is 31.9. The molecule has 4 rings (SSSR count). The minimum absolute atomic E-state index is 0.00575. The summed E-state index contributed by atoms with van der Waals surface area (Å²) in [5.74, 6) is -1.43. The molecule has 2 amide bonds. The van der Waals surface area contributed by atoms with Crippen molar-refractivity contribution in [2.24, 2.45) is 0 Å². The first-order valence-electron chi connectivity index (χ1n) is 15.3. The second-order valence-corrected chi connectivity index (χ2v) is 14.6. The molecule has 1 aliphatic carbocycles. The molecule has 0 spiro atoms. The van der Waals surface area contributed by atoms with Crippen molar-refractivity contribution in [1.82, 2.24) is 10.2 Å². The molecule has 1 aliphatic rings. The molecule has 0 bridgehead atoms. The highest BCUT2D eigenvalue weighted by atomic mass is 32.2. The molecule has 9 heteroatoms. The minimum atomic E-state index is -3.89. The highest BCUT2D eigenvalue weighted by Gasteiger charge is 2.34. The molecule has 0 saturated heterocycles. The predicted molar refractivity (Wildman–Crippen MR) is 173 cm³/mol. The molecule has 0 heterocycles. The Morgan fingerprint density at radius 1 is 0.909 bits per heavy atom. The largest absolute Gasteiger partial charge is 0.352 e. The van der Waals surface area contributed by atoms with E-state index < -0.39 is 34.3 Å². The van der Waals surface area contributed by atoms with E-state index in [0.29, 0.717) is 5.69 Å². The Bertz CT molecular complexity index is 1520. The first-order valence-corrected chi connectivity index (χ1v) is 17.1. The number of hydrogen-bond acceptors (Lipinski definition) is 4. The van der Waals surface area contributed by atoms with E-state index in [-0.39, 0.29) is 35.9 Å². The fourth-order valence-corrected chi connectivity index (χ4v) is 6.50. The number of nitrogens with zero attached hydrogens (tertiary/aromatic N) is 2. The van der Waals surface area contributed by atoms with E-state index in [1.54, 1.807) is 30.3 Å². The number of benzene rings is 3. The van der Waals surface area contributed by atoms with Crippen molar-refractivity contribution in [2.45, 2.75) is 83.3 Å². The zero-order valence-electron chi connectivity index (χ0n) is 26.1. The van der Waals surface area contributed by atoms with Crippen LogP contribution in [-0.2, 0) is 38.0 Å². The third kappa shape index (κ3) is 8.91. The molecule has 1 fully saturated rings. The van der Waals surface area contributed by atoms with Crippen LogP contribution in [0.1, 0.15) is 69.6 Å². The fourth-order valence-electron chi connectivity index (χ4n) is 5.65. The third-order valence-corrected chi connectivity index (χ3v) is 9.36. The smallest absolute Gasteiger partial charge is 0.244 e. The van der Waals surface area contributed by atoms with Gasteiger partial charge in [0.1, 0.15) is 18.4 Å². The second kappa shape index (κ2) is 14.4. The van der Waals surface area contributed by atoms with Crippen LogP contribution < -0.4 is 9.62 Å². The van der Waals surface area contributed by atoms with Gasteiger partial charge in [-0.25, -0.2) is 12.8 Å². The summed E-state index contributed by atoms with van der Waals surface area (Å²) in [6.45, 7) is 5.45. The molecular weight excluding hydrogens is 577 g/mol. The zero-order valence-corrected chi connectivity index (χ0v) is 26.9. The highest BCUT2D eigenvalue weighted by molar-refractivity contribution is 7.92. The summed E-state index contributed by atoms with van der Waals surface area (Å²) in [5.41, 5.74) is 2.29. The third-order valence-electron chi connectivity index (χ3n) is 8.22. The average molecular weight is 622 g/mol. The van der Waals surface area contributed by atoms with Gasteiger partial charge < -0.3 is 10.2 Å². The summed E-state index contributed by atoms with van der Waals surface area (Å²) in [6.07, 6.45) is 6.12. The Balaban J connectivity index is 1.72. The fraction of sp³-hybridized carbons (Fsp3) is 0.429. The first kappa shape index (κ1) is 33.2. The summed E-state index contributed by atoms with van der Waals surface area (Å²) >= 11 is 0. The monoisotopic (exact) mass is 621 g/mol. The molecule has 1 atom stereocenters. The number of carbonyl (C=O) groups excluding carboxylic acids is 2. The topological polar surface area (TPSA) is 86.8 Å². The van der Waals surface area contributed by atoms with Crippen LogP contribution in [0.15, 0.2) is 78.9 Å². The van der Waals surface area contributed by atoms with E-state index in [0.717, 1.165) is 53.8 Å². The van der Waals surface area contributed by atoms with Gasteiger partial charge in [-0.3, -0.25) is 13.9 Å². The standard InChI is InChI=1S/C35H44FN3O4S/c1-35(2,3)28-19-21-30(22-20-28)39(44(4,42)43)25-33(40)38(24-27-15-11-12-18-31(27)36)32(23-26-13-7-5-8-14-26)34(41)37-29-16-9-6-10-17-29/h5,7-8,11-15,18-22,29,32H,6,9-10,16-17,23-25H2,1-4H3,(H,37,41). The molecule has 0 aliphatic heterocycles. The van der Waals surface area contributed by atoms with Crippen molar-refractivity contribution in [1.29, 1.82) is 0 Å². The Labute approximate surface area is 261 Å². The number of amides is 2. The molecule has 3 aromatic rings. The molecule has 44 heavy (non-hydrogen) atoms. The number of halogens is 1. The van der Waals surface area contributed by atoms with Crippen molar-refractivity contribution < 1.29 is 22.4 Å². The summed E-state index contributed by atoms with van der Waals surface area (Å²) < 4.78 is 42.1. The lowest BCUT2D eigenvalue weighted by Gasteiger charge is -2.35. The molecule has 1 N–H and O–H groups in total. The van der Waals surface area contributed by atoms with Gasteiger partial charge in [-0.05, 0) is 47.6 Å². The van der Waals surface area contributed by atoms with Crippen LogP contribution >= 0.6 is 0 Å². The van der Waals surface area contributed by atoms with E-state index in [9.17, 15) is 22.4 Å². The number of nitrogens with one attached hydrogen (secondary N) is 1. The first-order chi connectivity index (χ1) is 20.8. The Hall–Kier alpha value is -3.72. The SMILES string of the molecule is CC(C)(C)c1ccc(N(CC(=O)N(Cc2ccccc2F)C(Cc2ccccc2)C(=O)NC2CCCCC2)S(C)(=O)=O)cc1. The van der Waals surface area contributed by atoms with E-state index >= 15 is 0 Å². The number of rotatable bonds is 11. The number of anilines is 1. The van der Waals surface area contributed by atoms with E-state index in [4.69, 9.17) is 0 Å². The van der Waals surface area contributed by atoms with Gasteiger partial charge in [0, 0.05) is 24.6 Å². The average Bonchev–Trinajstić information content (AvgIpc) is 2.98. The van der Waals surface area contributed by atoms with Crippen LogP contribution in [0.3, 0.4) is 0 Å². The molecular formula is C35H44FN3O4S. The van der Waals surface area contributed by atoms with E-state index in [1.807, 2.05) is 42.5 Å². The summed E-state index contributed by atoms with van der Waals surface area (Å²) in [5, 5.41) is 3.15. The van der Waals surface area contributed by atoms with Gasteiger partial charge in [0.05, 0.1) is 11.9 Å². The van der Waals surface area contributed by atoms with Gasteiger partial charge in [0.2, 0.25) is 21.8 Å². The van der Waals surface area contributed by atoms with Gasteiger partial charge in [0.25, 0.3) is 0 Å². The van der Waals surface area contributed by atoms with Crippen molar-refractivity contribution >= 4 is 27.5 Å². The molecule has 1 saturated carbocycles. The molecule has 7 nitrogen and oxygen atoms in total. The van der Waals surface area contributed by atoms with Crippen LogP contribution in [0.25, 0.3) is 0 Å². The van der Waals surface area contributed by atoms with Crippen LogP contribution in [0.4, 0.5) is 10.1 Å². The number of sulfonamides is 1. The number of carbonyl (C=O) groups is 2. The van der Waals surface area contributed by atoms with Gasteiger partial charge in [-0.1, -0.05) is 101 Å². The second-order valence-electron chi connectivity index (χ2n) is 12.7. The summed E-state index contributed by atoms with van der Waals surface area (Å²) in [6, 6.07) is 21.6. The minimum Gasteiger partial charge on any atom is -0.352 e. The van der Waals surface area contributed by atoms with Gasteiger partial charge >= 0.3 is 0 Å². The van der Waals surface area contributed by atoms with Gasteiger partial charge in [-0.15, -0.1) is 0 Å². The Kier molecular flexibility index (Phi) is 10.8. The van der Waals surface area contributed by atoms with Crippen LogP contribution in [0, 0.1) is 5.82 Å². The lowest BCUT2D eigenvalue weighted by atomic mass is 9.87. The maximum atomic E-state index is 15.0. The van der Waals surface area contributed by atoms with Crippen molar-refractivity contribution in [3.05, 3.63) is 101 Å². The van der Waals surface area contributed by atoms with E-state index in [2.05, 4.69) is 26.1 Å². The van der Waals surface area contributed by atoms with Crippen LogP contribution in [-0.4, -0.2) is 50.0 Å². The summed E-state index contributed by atoms with van der Waals surface area (Å²) in [4.78, 5) is 29.6. The normalized spacial score (nSPS) is 14.9.